The Morgan fingerprint density at radius 1 is 0.516 bits per heavy atom. The number of aliphatic imine (C=N–C) groups is 4. The third-order valence-corrected chi connectivity index (χ3v) is 17.2. The molecule has 0 fully saturated rings. The Bertz CT molecular complexity index is 4820. The van der Waals surface area contributed by atoms with E-state index in [2.05, 4.69) is 45.1 Å². The molecule has 6 N–H and O–H groups in total. The summed E-state index contributed by atoms with van der Waals surface area (Å²) in [5.74, 6) is -2.90. The van der Waals surface area contributed by atoms with Crippen molar-refractivity contribution >= 4 is 218 Å². The summed E-state index contributed by atoms with van der Waals surface area (Å²) in [6.45, 7) is 24.2. The van der Waals surface area contributed by atoms with Crippen molar-refractivity contribution < 1.29 is 43.8 Å². The first-order valence-electron chi connectivity index (χ1n) is 25.9. The molecule has 0 aromatic heterocycles. The summed E-state index contributed by atoms with van der Waals surface area (Å²) in [7, 11) is -1.65. The van der Waals surface area contributed by atoms with Crippen LogP contribution in [-0.4, -0.2) is 70.2 Å². The van der Waals surface area contributed by atoms with Crippen molar-refractivity contribution in [2.75, 3.05) is 0 Å². The number of fused-ring (bicyclic) bond motifs is 2. The highest BCUT2D eigenvalue weighted by Gasteiger charge is 2.37. The van der Waals surface area contributed by atoms with Crippen LogP contribution in [-0.2, 0) is 30.0 Å². The molecule has 0 radical (unpaired) electrons. The van der Waals surface area contributed by atoms with Crippen molar-refractivity contribution in [1.82, 2.24) is 10.6 Å². The Kier molecular flexibility index (Phi) is 25.0. The maximum absolute atomic E-state index is 12.8. The molecular formula is C64H33Cl11N10O9S. The largest absolute Gasteiger partial charge is 0.530 e. The lowest BCUT2D eigenvalue weighted by molar-refractivity contribution is -0.120. The summed E-state index contributed by atoms with van der Waals surface area (Å²) >= 11 is 65.0. The highest BCUT2D eigenvalue weighted by Crippen LogP contribution is 2.45. The molecule has 1 heterocycles. The van der Waals surface area contributed by atoms with E-state index < -0.39 is 28.4 Å². The van der Waals surface area contributed by atoms with Crippen LogP contribution in [0.5, 0.6) is 23.0 Å². The van der Waals surface area contributed by atoms with Crippen LogP contribution < -0.4 is 10.6 Å². The molecule has 6 aromatic rings. The third kappa shape index (κ3) is 17.7. The minimum absolute atomic E-state index is 0.00476. The third-order valence-electron chi connectivity index (χ3n) is 12.3. The minimum atomic E-state index is -1.65. The standard InChI is InChI=1S/C19H8Cl3N3O.C17H7Cl2N3O2S.C16H13Cl2N3O4.C12H5Cl4NO2/c1-24-17(9-23)18-12-5-3-2-4-11(12)16(8-13(18)20)25-10-6-14(21)19(26)15(22)7-10;1-20-16(21-2)14-10-5-3-4-6-13(10)25(24)17(14)22-9-7-11(18)15(23)12(19)8-9;1-7(22)19-13-6-15(24)14(20-8(2)23)5-12(13)21-9-3-10(17)16(25)11(18)4-9;13-6-3-5(1-2-9(6)18)17-8-4-7(14)12(19)11(16)10(8)15/h2-8,26H;3-8,23H;3-6,25H,1-2H3,(H,19,22)(H,20,23);1-4,19H/b18-17+,25-16?;;;. The number of nitrogens with one attached hydrogen (secondary N) is 2. The minimum Gasteiger partial charge on any atom is -0.505 e. The summed E-state index contributed by atoms with van der Waals surface area (Å²) < 4.78 is 12.8. The van der Waals surface area contributed by atoms with Crippen LogP contribution in [0.15, 0.2) is 185 Å². The molecule has 3 aliphatic carbocycles. The van der Waals surface area contributed by atoms with Gasteiger partial charge in [-0.05, 0) is 90.0 Å². The zero-order valence-corrected chi connectivity index (χ0v) is 56.7. The van der Waals surface area contributed by atoms with Gasteiger partial charge in [0.25, 0.3) is 5.70 Å². The first-order chi connectivity index (χ1) is 45.0. The molecule has 10 rings (SSSR count). The number of hydrogen-bond donors (Lipinski definition) is 6. The topological polar surface area (TPSA) is 277 Å². The van der Waals surface area contributed by atoms with Gasteiger partial charge in [-0.25, -0.2) is 34.3 Å². The number of halogens is 11. The van der Waals surface area contributed by atoms with Gasteiger partial charge < -0.3 is 31.1 Å². The number of carbonyl (C=O) groups excluding carboxylic acids is 4. The van der Waals surface area contributed by atoms with Gasteiger partial charge in [0.1, 0.15) is 39.6 Å². The van der Waals surface area contributed by atoms with E-state index in [1.807, 2.05) is 18.2 Å². The van der Waals surface area contributed by atoms with Gasteiger partial charge >= 0.3 is 5.82 Å². The summed E-state index contributed by atoms with van der Waals surface area (Å²) in [6.07, 6.45) is 8.22. The summed E-state index contributed by atoms with van der Waals surface area (Å²) in [6, 6.07) is 25.7. The number of ketones is 2. The first kappa shape index (κ1) is 73.4. The van der Waals surface area contributed by atoms with Crippen LogP contribution in [0, 0.1) is 31.0 Å². The highest BCUT2D eigenvalue weighted by atomic mass is 35.5. The molecular weight excluding hydrogens is 1470 g/mol. The maximum Gasteiger partial charge on any atom is 0.530 e. The average Bonchev–Trinajstić information content (AvgIpc) is 1.76. The zero-order chi connectivity index (χ0) is 69.9. The number of carbonyl (C=O) groups is 4. The predicted octanol–water partition coefficient (Wildman–Crippen LogP) is 18.2. The number of hydrogen-bond acceptors (Lipinski definition) is 14. The lowest BCUT2D eigenvalue weighted by Crippen LogP contribution is -2.32. The van der Waals surface area contributed by atoms with Gasteiger partial charge in [-0.3, -0.25) is 19.2 Å². The van der Waals surface area contributed by atoms with Gasteiger partial charge in [-0.2, -0.15) is 9.69 Å². The number of phenols is 4. The van der Waals surface area contributed by atoms with Gasteiger partial charge in [0.05, 0.1) is 114 Å². The number of phenolic OH excluding ortho intramolecular Hbond substituents is 4. The van der Waals surface area contributed by atoms with Crippen LogP contribution in [0.3, 0.4) is 0 Å². The highest BCUT2D eigenvalue weighted by molar-refractivity contribution is 8.02. The van der Waals surface area contributed by atoms with Gasteiger partial charge in [-0.15, -0.1) is 0 Å². The van der Waals surface area contributed by atoms with Crippen molar-refractivity contribution in [3.05, 3.63) is 257 Å². The van der Waals surface area contributed by atoms with Gasteiger partial charge in [0, 0.05) is 36.1 Å². The van der Waals surface area contributed by atoms with Crippen molar-refractivity contribution in [3.8, 4) is 29.1 Å². The van der Waals surface area contributed by atoms with Gasteiger partial charge in [0.15, 0.2) is 28.8 Å². The van der Waals surface area contributed by atoms with E-state index in [1.54, 1.807) is 42.5 Å². The first-order valence-corrected chi connectivity index (χ1v) is 31.2. The second-order valence-electron chi connectivity index (χ2n) is 18.8. The predicted molar refractivity (Wildman–Crippen MR) is 374 cm³/mol. The van der Waals surface area contributed by atoms with Crippen LogP contribution in [0.1, 0.15) is 30.5 Å². The number of rotatable bonds is 6. The number of amides is 2. The molecule has 1 atom stereocenters. The van der Waals surface area contributed by atoms with E-state index in [0.717, 1.165) is 6.08 Å². The molecule has 31 heteroatoms. The molecule has 1 unspecified atom stereocenters. The molecule has 0 bridgehead atoms. The molecule has 0 saturated heterocycles. The van der Waals surface area contributed by atoms with Gasteiger partial charge in [-0.1, -0.05) is 170 Å². The molecule has 476 valence electrons. The Balaban J connectivity index is 0.000000180. The smallest absolute Gasteiger partial charge is 0.505 e. The number of allylic oxidation sites excluding steroid dienone is 10. The fourth-order valence-electron chi connectivity index (χ4n) is 8.23. The summed E-state index contributed by atoms with van der Waals surface area (Å²) in [5.41, 5.74) is 4.98. The molecule has 0 saturated carbocycles. The number of nitriles is 1. The lowest BCUT2D eigenvalue weighted by atomic mass is 9.90. The average molecular weight is 1510 g/mol. The lowest BCUT2D eigenvalue weighted by Gasteiger charge is -2.19. The van der Waals surface area contributed by atoms with E-state index in [9.17, 15) is 49.1 Å². The van der Waals surface area contributed by atoms with Crippen LogP contribution >= 0.6 is 128 Å². The SMILES string of the molecule is CC(=O)NC1=CC(=Nc2cc(Cl)c(O)c(Cl)c2)C(NC(C)=O)=CC1=O.O=C1C=CC(=Nc2cc(Cl)c(O)c(Cl)c2Cl)C=C1Cl.[C-]#[N+]/C(C#N)=C1/C(Cl)=CC(=Nc2cc(Cl)c(O)c(Cl)c2)c2ccccc21.[C-]#[N+]C([N+]#[C-])=C1C(=Nc2cc(Cl)c(O)c(Cl)c2)S(=O)c2ccccc21. The molecule has 6 aromatic carbocycles. The van der Waals surface area contributed by atoms with Crippen molar-refractivity contribution in [3.63, 3.8) is 0 Å². The van der Waals surface area contributed by atoms with E-state index in [1.165, 1.54) is 80.6 Å². The Hall–Kier alpha value is -9.04. The van der Waals surface area contributed by atoms with Crippen molar-refractivity contribution in [2.24, 2.45) is 20.0 Å². The number of nitrogens with zero attached hydrogens (tertiary/aromatic N) is 8. The van der Waals surface area contributed by atoms with E-state index >= 15 is 0 Å². The quantitative estimate of drug-likeness (QED) is 0.0397. The molecule has 19 nitrogen and oxygen atoms in total. The Morgan fingerprint density at radius 3 is 1.48 bits per heavy atom. The number of benzene rings is 6. The van der Waals surface area contributed by atoms with Crippen molar-refractivity contribution in [2.45, 2.75) is 18.7 Å². The Labute approximate surface area is 597 Å². The molecule has 1 aliphatic heterocycles. The second kappa shape index (κ2) is 32.4. The fraction of sp³-hybridized carbons (Fsp3) is 0.0312. The summed E-state index contributed by atoms with van der Waals surface area (Å²) in [5, 5.41) is 53.1. The number of aromatic hydroxyl groups is 4. The normalized spacial score (nSPS) is 16.4. The van der Waals surface area contributed by atoms with E-state index in [0.29, 0.717) is 44.3 Å². The Morgan fingerprint density at radius 2 is 0.989 bits per heavy atom. The van der Waals surface area contributed by atoms with Crippen LogP contribution in [0.25, 0.3) is 25.7 Å². The van der Waals surface area contributed by atoms with Crippen LogP contribution in [0.4, 0.5) is 22.7 Å². The molecule has 95 heavy (non-hydrogen) atoms. The molecule has 2 amide bonds. The van der Waals surface area contributed by atoms with Gasteiger partial charge in [0.2, 0.25) is 17.6 Å². The molecule has 0 spiro atoms. The zero-order valence-electron chi connectivity index (χ0n) is 47.6. The van der Waals surface area contributed by atoms with E-state index in [-0.39, 0.29) is 140 Å². The fourth-order valence-corrected chi connectivity index (χ4v) is 12.1. The second-order valence-corrected chi connectivity index (χ2v) is 24.6. The van der Waals surface area contributed by atoms with Crippen LogP contribution in [0.2, 0.25) is 45.2 Å². The monoisotopic (exact) mass is 1500 g/mol. The molecule has 4 aliphatic rings. The van der Waals surface area contributed by atoms with Crippen molar-refractivity contribution in [1.29, 1.82) is 5.26 Å². The van der Waals surface area contributed by atoms with E-state index in [4.69, 9.17) is 147 Å². The summed E-state index contributed by atoms with van der Waals surface area (Å²) in [4.78, 5) is 73.2. The maximum atomic E-state index is 12.8.